The number of fused-ring (bicyclic) bond motifs is 4. The summed E-state index contributed by atoms with van der Waals surface area (Å²) in [6.45, 7) is 38.5. The van der Waals surface area contributed by atoms with Crippen LogP contribution in [0.1, 0.15) is 154 Å². The molecule has 145 heavy (non-hydrogen) atoms. The molecular weight excluding hydrogens is 1960 g/mol. The Kier molecular flexibility index (Phi) is 39.1. The minimum Gasteiger partial charge on any atom is -0.344 e. The third kappa shape index (κ3) is 33.8. The molecule has 0 aliphatic rings. The number of halogens is 5. The van der Waals surface area contributed by atoms with E-state index in [0.717, 1.165) is 128 Å². The van der Waals surface area contributed by atoms with Gasteiger partial charge in [0.05, 0.1) is 90.8 Å². The molecule has 0 saturated carbocycles. The van der Waals surface area contributed by atoms with Gasteiger partial charge in [0.25, 0.3) is 0 Å². The second-order valence-electron chi connectivity index (χ2n) is 39.0. The summed E-state index contributed by atoms with van der Waals surface area (Å²) in [7, 11) is -15.9. The van der Waals surface area contributed by atoms with E-state index in [1.807, 2.05) is 128 Å². The van der Waals surface area contributed by atoms with Gasteiger partial charge in [-0.3, -0.25) is 70.3 Å². The van der Waals surface area contributed by atoms with Gasteiger partial charge in [0.1, 0.15) is 29.3 Å². The molecule has 31 nitrogen and oxygen atoms in total. The molecule has 0 spiro atoms. The number of hydrogen-bond donors (Lipinski definition) is 4. The van der Waals surface area contributed by atoms with Crippen LogP contribution in [0.4, 0.5) is 17.6 Å². The quantitative estimate of drug-likeness (QED) is 0.0179. The van der Waals surface area contributed by atoms with Crippen LogP contribution in [0.5, 0.6) is 0 Å². The molecule has 0 radical (unpaired) electrons. The van der Waals surface area contributed by atoms with E-state index >= 15 is 0 Å². The summed E-state index contributed by atoms with van der Waals surface area (Å²) < 4.78 is 163. The van der Waals surface area contributed by atoms with Crippen LogP contribution in [0.3, 0.4) is 0 Å². The second-order valence-corrected chi connectivity index (χ2v) is 45.0. The number of H-pyrrole nitrogens is 1. The maximum atomic E-state index is 13.8. The van der Waals surface area contributed by atoms with Crippen molar-refractivity contribution in [3.05, 3.63) is 289 Å². The van der Waals surface area contributed by atoms with E-state index in [9.17, 15) is 35.8 Å². The fraction of sp³-hybridized carbons (Fsp3) is 0.314. The van der Waals surface area contributed by atoms with Gasteiger partial charge in [-0.2, -0.15) is 20.4 Å². The summed E-state index contributed by atoms with van der Waals surface area (Å²) in [6.07, 6.45) is 13.9. The minimum atomic E-state index is -4.58. The van der Waals surface area contributed by atoms with E-state index in [-0.39, 0.29) is 63.1 Å². The number of pyridine rings is 4. The van der Waals surface area contributed by atoms with Crippen LogP contribution in [-0.2, 0) is 83.7 Å². The lowest BCUT2D eigenvalue weighted by molar-refractivity contribution is -0.00894. The lowest BCUT2D eigenvalue weighted by Gasteiger charge is -2.30. The van der Waals surface area contributed by atoms with E-state index in [2.05, 4.69) is 56.0 Å². The zero-order valence-electron chi connectivity index (χ0n) is 84.2. The van der Waals surface area contributed by atoms with Gasteiger partial charge in [-0.15, -0.1) is 0 Å². The third-order valence-corrected chi connectivity index (χ3v) is 26.6. The molecule has 16 aromatic rings. The average molecular weight is 2090 g/mol. The van der Waals surface area contributed by atoms with Crippen molar-refractivity contribution in [1.29, 1.82) is 10.8 Å². The molecule has 770 valence electrons. The first-order chi connectivity index (χ1) is 66.9. The molecule has 0 unspecified atom stereocenters. The largest absolute Gasteiger partial charge is 0.477 e. The minimum absolute atomic E-state index is 0. The van der Waals surface area contributed by atoms with Crippen LogP contribution in [0.15, 0.2) is 244 Å². The van der Waals surface area contributed by atoms with Crippen molar-refractivity contribution >= 4 is 86.5 Å². The van der Waals surface area contributed by atoms with Crippen molar-refractivity contribution in [2.24, 2.45) is 0 Å². The zero-order chi connectivity index (χ0) is 105. The first-order valence-electron chi connectivity index (χ1n) is 45.1. The van der Waals surface area contributed by atoms with Crippen molar-refractivity contribution in [3.8, 4) is 89.5 Å². The Hall–Kier alpha value is -11.9. The zero-order valence-corrected chi connectivity index (χ0v) is 88.6. The normalized spacial score (nSPS) is 12.2. The van der Waals surface area contributed by atoms with Crippen molar-refractivity contribution in [2.45, 2.75) is 214 Å². The third-order valence-electron chi connectivity index (χ3n) is 20.0. The summed E-state index contributed by atoms with van der Waals surface area (Å²) >= 11 is 5.39. The first kappa shape index (κ1) is 117. The van der Waals surface area contributed by atoms with Crippen molar-refractivity contribution in [1.82, 2.24) is 65.6 Å². The van der Waals surface area contributed by atoms with Crippen LogP contribution in [-0.4, -0.2) is 109 Å². The fourth-order valence-electron chi connectivity index (χ4n) is 14.4. The topological polar surface area (TPSA) is 417 Å². The molecule has 0 bridgehead atoms. The molecule has 0 atom stereocenters. The lowest BCUT2D eigenvalue weighted by Crippen LogP contribution is -2.25. The molecule has 8 heterocycles. The van der Waals surface area contributed by atoms with Gasteiger partial charge < -0.3 is 15.9 Å². The smallest absolute Gasteiger partial charge is 0.344 e. The molecule has 0 aliphatic carbocycles. The molecule has 0 fully saturated rings. The molecule has 0 saturated heterocycles. The van der Waals surface area contributed by atoms with Gasteiger partial charge in [-0.05, 0) is 342 Å². The summed E-state index contributed by atoms with van der Waals surface area (Å²) in [4.78, 5) is 35.8. The van der Waals surface area contributed by atoms with E-state index < -0.39 is 64.9 Å². The maximum absolute atomic E-state index is 13.8. The standard InChI is InChI=1S/2C28H33FN3O4P.C20H17FN3O4P.C19H14FN3.C9H20ClO4P.CH4.N2.H3N/c1-19-15-21(10-12-24(19)29)26-23(9-8-14-30-26)20-11-13-25-22(16-20)17-32(31-25)18-34-37(33,35-27(2,3)4)36-28(5,6)7;1-19-15-21(10-12-24(19)29)26-23(9-8-14-30-26)20-11-13-25-22(16-20)17-31-32(25)18-34-37(33,35-27(2,3)4)36-28(5,6)7;1-13-9-15(4-6-18(13)21)20-17(3-2-8-22-20)14-5-7-19-16(10-14)11-24(23-19)12-28-29(25,26)27;1-12-9-14(4-6-17(12)20)19-16(3-2-8-21-19)13-5-7-18-15(10-13)11-22-23-18;1-8(2,3)13-15(11,12-7-10)14-9(4,5)6;;1-2;/h2*8-17H,18H2,1-7H3;2-11H,12H2,1H3,(H2,25,26,27);2-11H,1H3,(H,22,23);7H2,1-6H3;1H4;;1H3. The number of aryl methyl sites for hydroxylation is 4. The average Bonchev–Trinajstić information content (AvgIpc) is 1.73. The number of phosphoric ester groups is 4. The Labute approximate surface area is 847 Å². The number of nitrogens with zero attached hydrogens (tertiary/aromatic N) is 13. The van der Waals surface area contributed by atoms with E-state index in [1.165, 1.54) is 28.9 Å². The predicted molar refractivity (Wildman–Crippen MR) is 559 cm³/mol. The Morgan fingerprint density at radius 1 is 0.366 bits per heavy atom. The summed E-state index contributed by atoms with van der Waals surface area (Å²) in [5, 5.41) is 35.8. The van der Waals surface area contributed by atoms with Crippen LogP contribution >= 0.6 is 42.9 Å². The molecule has 6 N–H and O–H groups in total. The highest BCUT2D eigenvalue weighted by atomic mass is 35.5. The molecule has 8 aromatic carbocycles. The maximum Gasteiger partial charge on any atom is 0.477 e. The number of aromatic amines is 1. The predicted octanol–water partition coefficient (Wildman–Crippen LogP) is 29.6. The van der Waals surface area contributed by atoms with E-state index in [1.54, 1.807) is 248 Å². The Morgan fingerprint density at radius 3 is 0.972 bits per heavy atom. The fourth-order valence-corrected chi connectivity index (χ4v) is 20.1. The van der Waals surface area contributed by atoms with Gasteiger partial charge >= 0.3 is 31.3 Å². The summed E-state index contributed by atoms with van der Waals surface area (Å²) in [5.41, 5.74) is 15.4. The molecule has 40 heteroatoms. The number of alkyl halides is 1. The Bertz CT molecular complexity index is 7240. The monoisotopic (exact) mass is 2090 g/mol. The number of phosphoric acid groups is 4. The highest BCUT2D eigenvalue weighted by molar-refractivity contribution is 7.49. The molecular formula is C105H124ClF4N15O16P4. The number of hydrogen-bond acceptors (Lipinski definition) is 25. The Balaban J connectivity index is 0.000000206. The first-order valence-corrected chi connectivity index (χ1v) is 51.5. The lowest BCUT2D eigenvalue weighted by atomic mass is 9.97. The number of benzene rings is 8. The van der Waals surface area contributed by atoms with Crippen molar-refractivity contribution < 1.29 is 90.8 Å². The van der Waals surface area contributed by atoms with Crippen LogP contribution in [0.2, 0.25) is 0 Å². The number of nitrogens with one attached hydrogen (secondary N) is 1. The van der Waals surface area contributed by atoms with Crippen LogP contribution in [0, 0.1) is 61.7 Å². The van der Waals surface area contributed by atoms with Gasteiger partial charge in [-0.1, -0.05) is 67.6 Å². The molecule has 0 aliphatic heterocycles. The molecule has 0 amide bonds. The second kappa shape index (κ2) is 48.6. The van der Waals surface area contributed by atoms with Gasteiger partial charge in [0, 0.05) is 114 Å². The van der Waals surface area contributed by atoms with E-state index in [4.69, 9.17) is 72.9 Å². The van der Waals surface area contributed by atoms with Crippen LogP contribution < -0.4 is 6.15 Å². The Morgan fingerprint density at radius 2 is 0.655 bits per heavy atom. The van der Waals surface area contributed by atoms with Gasteiger partial charge in [0.2, 0.25) is 0 Å². The van der Waals surface area contributed by atoms with E-state index in [0.29, 0.717) is 27.8 Å². The SMILES string of the molecule is C.CC(C)(C)OP(=O)(OCCl)OC(C)(C)C.Cc1cc(-c2ncccc2-c2ccc3[nH]ncc3c2)ccc1F.Cc1cc(-c2ncccc2-c2ccc3c(cnn3COP(=O)(OC(C)(C)C)OC(C)(C)C)c2)ccc1F.Cc1cc(-c2ncccc2-c2ccc3nn(COP(=O)(O)O)cc3c2)ccc1F.Cc1cc(-c2ncccc2-c2ccc3nn(COP(=O)(OC(C)(C)C)OC(C)(C)C)cc3c2)ccc1F.N.N#N. The highest BCUT2D eigenvalue weighted by Crippen LogP contribution is 2.58. The summed E-state index contributed by atoms with van der Waals surface area (Å²) in [6, 6.07) is 58.7. The number of rotatable bonds is 25. The summed E-state index contributed by atoms with van der Waals surface area (Å²) in [5.74, 6) is -0.964. The number of aromatic nitrogens is 12. The highest BCUT2D eigenvalue weighted by Gasteiger charge is 2.41. The van der Waals surface area contributed by atoms with Crippen molar-refractivity contribution in [3.63, 3.8) is 0 Å². The molecule has 8 aromatic heterocycles. The van der Waals surface area contributed by atoms with Crippen molar-refractivity contribution in [2.75, 3.05) is 6.07 Å². The molecule has 16 rings (SSSR count). The van der Waals surface area contributed by atoms with Gasteiger partial charge in [-0.25, -0.2) is 49.9 Å². The van der Waals surface area contributed by atoms with Crippen LogP contribution in [0.25, 0.3) is 133 Å². The van der Waals surface area contributed by atoms with Gasteiger partial charge in [0.15, 0.2) is 20.2 Å².